The molecular formula is C14H15FN2O2. The Morgan fingerprint density at radius 1 is 1.37 bits per heavy atom. The SMILES string of the molecule is CCc1cc(COc2cc(F)cc(C=O)c2)n(C)n1. The van der Waals surface area contributed by atoms with Gasteiger partial charge in [-0.1, -0.05) is 6.92 Å². The van der Waals surface area contributed by atoms with Gasteiger partial charge in [0.1, 0.15) is 24.5 Å². The lowest BCUT2D eigenvalue weighted by Crippen LogP contribution is -2.03. The molecule has 5 heteroatoms. The molecule has 2 aromatic rings. The Bertz CT molecular complexity index is 593. The van der Waals surface area contributed by atoms with Gasteiger partial charge in [-0.3, -0.25) is 9.48 Å². The Labute approximate surface area is 110 Å². The van der Waals surface area contributed by atoms with E-state index in [1.807, 2.05) is 20.0 Å². The van der Waals surface area contributed by atoms with Crippen LogP contribution in [0.1, 0.15) is 28.7 Å². The molecular weight excluding hydrogens is 247 g/mol. The number of aryl methyl sites for hydroxylation is 2. The van der Waals surface area contributed by atoms with Crippen molar-refractivity contribution in [3.8, 4) is 5.75 Å². The first-order valence-electron chi connectivity index (χ1n) is 6.02. The number of halogens is 1. The summed E-state index contributed by atoms with van der Waals surface area (Å²) in [6.07, 6.45) is 1.44. The largest absolute Gasteiger partial charge is 0.487 e. The second kappa shape index (κ2) is 5.65. The zero-order chi connectivity index (χ0) is 13.8. The molecule has 0 amide bonds. The molecule has 0 atom stereocenters. The van der Waals surface area contributed by atoms with Crippen LogP contribution in [0.15, 0.2) is 24.3 Å². The summed E-state index contributed by atoms with van der Waals surface area (Å²) in [5.74, 6) is -0.153. The topological polar surface area (TPSA) is 44.1 Å². The third-order valence-electron chi connectivity index (χ3n) is 2.81. The summed E-state index contributed by atoms with van der Waals surface area (Å²) in [7, 11) is 1.83. The smallest absolute Gasteiger partial charge is 0.150 e. The highest BCUT2D eigenvalue weighted by molar-refractivity contribution is 5.75. The summed E-state index contributed by atoms with van der Waals surface area (Å²) in [4.78, 5) is 10.6. The molecule has 0 aliphatic carbocycles. The number of rotatable bonds is 5. The Hall–Kier alpha value is -2.17. The van der Waals surface area contributed by atoms with Gasteiger partial charge in [-0.2, -0.15) is 5.10 Å². The van der Waals surface area contributed by atoms with Crippen molar-refractivity contribution in [2.75, 3.05) is 0 Å². The molecule has 0 aliphatic heterocycles. The molecule has 0 unspecified atom stereocenters. The number of hydrogen-bond acceptors (Lipinski definition) is 3. The van der Waals surface area contributed by atoms with Gasteiger partial charge in [0.2, 0.25) is 0 Å². The summed E-state index contributed by atoms with van der Waals surface area (Å²) in [5.41, 5.74) is 2.14. The number of hydrogen-bond donors (Lipinski definition) is 0. The monoisotopic (exact) mass is 262 g/mol. The average molecular weight is 262 g/mol. The molecule has 1 aromatic heterocycles. The molecule has 0 N–H and O–H groups in total. The molecule has 100 valence electrons. The number of carbonyl (C=O) groups is 1. The van der Waals surface area contributed by atoms with Gasteiger partial charge in [0.05, 0.1) is 11.4 Å². The van der Waals surface area contributed by atoms with Crippen LogP contribution in [0.2, 0.25) is 0 Å². The normalized spacial score (nSPS) is 10.5. The first-order valence-corrected chi connectivity index (χ1v) is 6.02. The van der Waals surface area contributed by atoms with E-state index >= 15 is 0 Å². The van der Waals surface area contributed by atoms with Crippen molar-refractivity contribution in [1.82, 2.24) is 9.78 Å². The van der Waals surface area contributed by atoms with E-state index < -0.39 is 5.82 Å². The molecule has 1 heterocycles. The maximum Gasteiger partial charge on any atom is 0.150 e. The summed E-state index contributed by atoms with van der Waals surface area (Å²) in [5, 5.41) is 4.30. The lowest BCUT2D eigenvalue weighted by atomic mass is 10.2. The van der Waals surface area contributed by atoms with E-state index in [1.165, 1.54) is 18.2 Å². The zero-order valence-electron chi connectivity index (χ0n) is 10.9. The molecule has 2 rings (SSSR count). The Kier molecular flexibility index (Phi) is 3.94. The number of aldehydes is 1. The number of carbonyl (C=O) groups excluding carboxylic acids is 1. The molecule has 0 saturated carbocycles. The zero-order valence-corrected chi connectivity index (χ0v) is 10.9. The van der Waals surface area contributed by atoms with Crippen LogP contribution in [0.4, 0.5) is 4.39 Å². The predicted molar refractivity (Wildman–Crippen MR) is 68.7 cm³/mol. The Morgan fingerprint density at radius 2 is 2.16 bits per heavy atom. The summed E-state index contributed by atoms with van der Waals surface area (Å²) < 4.78 is 20.5. The lowest BCUT2D eigenvalue weighted by molar-refractivity contribution is 0.112. The van der Waals surface area contributed by atoms with Crippen molar-refractivity contribution in [2.24, 2.45) is 7.05 Å². The van der Waals surface area contributed by atoms with Gasteiger partial charge >= 0.3 is 0 Å². The van der Waals surface area contributed by atoms with E-state index in [0.29, 0.717) is 12.0 Å². The maximum absolute atomic E-state index is 13.2. The molecule has 0 radical (unpaired) electrons. The first-order chi connectivity index (χ1) is 9.12. The van der Waals surface area contributed by atoms with Gasteiger partial charge in [0.15, 0.2) is 0 Å². The second-order valence-corrected chi connectivity index (χ2v) is 4.23. The van der Waals surface area contributed by atoms with Crippen LogP contribution >= 0.6 is 0 Å². The summed E-state index contributed by atoms with van der Waals surface area (Å²) in [6.45, 7) is 2.31. The standard InChI is InChI=1S/C14H15FN2O2/c1-3-12-7-13(17(2)16-12)9-19-14-5-10(8-18)4-11(15)6-14/h4-8H,3,9H2,1-2H3. The minimum Gasteiger partial charge on any atom is -0.487 e. The van der Waals surface area contributed by atoms with Crippen LogP contribution in [0.25, 0.3) is 0 Å². The molecule has 0 bridgehead atoms. The van der Waals surface area contributed by atoms with Crippen molar-refractivity contribution in [3.63, 3.8) is 0 Å². The molecule has 4 nitrogen and oxygen atoms in total. The van der Waals surface area contributed by atoms with Crippen LogP contribution in [-0.2, 0) is 20.1 Å². The van der Waals surface area contributed by atoms with Gasteiger partial charge in [0, 0.05) is 18.7 Å². The van der Waals surface area contributed by atoms with Crippen LogP contribution < -0.4 is 4.74 Å². The fourth-order valence-electron chi connectivity index (χ4n) is 1.77. The van der Waals surface area contributed by atoms with Crippen molar-refractivity contribution in [3.05, 3.63) is 47.0 Å². The van der Waals surface area contributed by atoms with Crippen molar-refractivity contribution >= 4 is 6.29 Å². The van der Waals surface area contributed by atoms with Gasteiger partial charge < -0.3 is 4.74 Å². The summed E-state index contributed by atoms with van der Waals surface area (Å²) in [6, 6.07) is 5.87. The molecule has 1 aromatic carbocycles. The highest BCUT2D eigenvalue weighted by Crippen LogP contribution is 2.17. The van der Waals surface area contributed by atoms with Crippen LogP contribution in [-0.4, -0.2) is 16.1 Å². The van der Waals surface area contributed by atoms with Crippen molar-refractivity contribution in [1.29, 1.82) is 0 Å². The molecule has 19 heavy (non-hydrogen) atoms. The number of aromatic nitrogens is 2. The predicted octanol–water partition coefficient (Wildman–Crippen LogP) is 2.51. The molecule has 0 spiro atoms. The molecule has 0 aliphatic rings. The average Bonchev–Trinajstić information content (AvgIpc) is 2.76. The third kappa shape index (κ3) is 3.19. The second-order valence-electron chi connectivity index (χ2n) is 4.23. The van der Waals surface area contributed by atoms with E-state index in [4.69, 9.17) is 4.74 Å². The fraction of sp³-hybridized carbons (Fsp3) is 0.286. The van der Waals surface area contributed by atoms with Crippen molar-refractivity contribution in [2.45, 2.75) is 20.0 Å². The summed E-state index contributed by atoms with van der Waals surface area (Å²) >= 11 is 0. The van der Waals surface area contributed by atoms with E-state index in [0.717, 1.165) is 17.8 Å². The van der Waals surface area contributed by atoms with Gasteiger partial charge in [0.25, 0.3) is 0 Å². The molecule has 0 fully saturated rings. The minimum atomic E-state index is -0.487. The van der Waals surface area contributed by atoms with E-state index in [2.05, 4.69) is 5.10 Å². The number of nitrogens with zero attached hydrogens (tertiary/aromatic N) is 2. The molecule has 0 saturated heterocycles. The fourth-order valence-corrected chi connectivity index (χ4v) is 1.77. The van der Waals surface area contributed by atoms with Crippen LogP contribution in [0, 0.1) is 5.82 Å². The van der Waals surface area contributed by atoms with Crippen molar-refractivity contribution < 1.29 is 13.9 Å². The van der Waals surface area contributed by atoms with E-state index in [1.54, 1.807) is 4.68 Å². The van der Waals surface area contributed by atoms with E-state index in [-0.39, 0.29) is 12.2 Å². The highest BCUT2D eigenvalue weighted by atomic mass is 19.1. The number of ether oxygens (including phenoxy) is 1. The van der Waals surface area contributed by atoms with Crippen LogP contribution in [0.5, 0.6) is 5.75 Å². The maximum atomic E-state index is 13.2. The van der Waals surface area contributed by atoms with E-state index in [9.17, 15) is 9.18 Å². The van der Waals surface area contributed by atoms with Gasteiger partial charge in [-0.15, -0.1) is 0 Å². The number of benzene rings is 1. The van der Waals surface area contributed by atoms with Crippen LogP contribution in [0.3, 0.4) is 0 Å². The lowest BCUT2D eigenvalue weighted by Gasteiger charge is -2.07. The van der Waals surface area contributed by atoms with Gasteiger partial charge in [-0.25, -0.2) is 4.39 Å². The third-order valence-corrected chi connectivity index (χ3v) is 2.81. The Morgan fingerprint density at radius 3 is 2.79 bits per heavy atom. The minimum absolute atomic E-state index is 0.259. The van der Waals surface area contributed by atoms with Gasteiger partial charge in [-0.05, 0) is 24.6 Å². The highest BCUT2D eigenvalue weighted by Gasteiger charge is 2.06. The Balaban J connectivity index is 2.11. The quantitative estimate of drug-likeness (QED) is 0.778. The first kappa shape index (κ1) is 13.3.